The van der Waals surface area contributed by atoms with Crippen molar-refractivity contribution in [2.24, 2.45) is 20.0 Å². The molecule has 7 nitrogen and oxygen atoms in total. The van der Waals surface area contributed by atoms with Crippen LogP contribution in [0.3, 0.4) is 0 Å². The highest BCUT2D eigenvalue weighted by Crippen LogP contribution is 2.33. The van der Waals surface area contributed by atoms with E-state index in [1.165, 1.54) is 30.9 Å². The predicted octanol–water partition coefficient (Wildman–Crippen LogP) is 1.05. The molecule has 1 saturated heterocycles. The first-order valence-electron chi connectivity index (χ1n) is 8.03. The molecule has 1 atom stereocenters. The Kier molecular flexibility index (Phi) is 4.37. The Balaban J connectivity index is 1.99. The molecule has 26 heavy (non-hydrogen) atoms. The Hall–Kier alpha value is -2.65. The van der Waals surface area contributed by atoms with Gasteiger partial charge in [-0.15, -0.1) is 0 Å². The fourth-order valence-electron chi connectivity index (χ4n) is 3.19. The van der Waals surface area contributed by atoms with Gasteiger partial charge in [-0.1, -0.05) is 0 Å². The van der Waals surface area contributed by atoms with Crippen molar-refractivity contribution in [2.45, 2.75) is 19.0 Å². The molecule has 1 unspecified atom stereocenters. The maximum Gasteiger partial charge on any atom is 0.393 e. The number of nitrogens with zero attached hydrogens (tertiary/aromatic N) is 4. The van der Waals surface area contributed by atoms with Crippen LogP contribution in [0.1, 0.15) is 23.2 Å². The third-order valence-corrected chi connectivity index (χ3v) is 4.71. The first-order chi connectivity index (χ1) is 12.1. The number of pyridine rings is 1. The third kappa shape index (κ3) is 2.99. The van der Waals surface area contributed by atoms with Crippen LogP contribution >= 0.6 is 0 Å². The fourth-order valence-corrected chi connectivity index (χ4v) is 3.19. The topological polar surface area (TPSA) is 77.2 Å². The lowest BCUT2D eigenvalue weighted by Crippen LogP contribution is -2.44. The first kappa shape index (κ1) is 18.2. The molecule has 3 heterocycles. The minimum absolute atomic E-state index is 0.00803. The van der Waals surface area contributed by atoms with Gasteiger partial charge in [0, 0.05) is 33.4 Å². The lowest BCUT2D eigenvalue weighted by Gasteiger charge is -2.33. The van der Waals surface area contributed by atoms with Gasteiger partial charge in [0.15, 0.2) is 0 Å². The van der Waals surface area contributed by atoms with Gasteiger partial charge in [0.2, 0.25) is 0 Å². The summed E-state index contributed by atoms with van der Waals surface area (Å²) in [5, 5.41) is 0.0600. The van der Waals surface area contributed by atoms with E-state index in [0.717, 1.165) is 9.47 Å². The molecule has 2 aromatic heterocycles. The van der Waals surface area contributed by atoms with Crippen LogP contribution in [-0.2, 0) is 14.1 Å². The highest BCUT2D eigenvalue weighted by molar-refractivity contribution is 5.96. The molecule has 0 bridgehead atoms. The summed E-state index contributed by atoms with van der Waals surface area (Å²) in [4.78, 5) is 41.9. The summed E-state index contributed by atoms with van der Waals surface area (Å²) in [6.45, 7) is -0.194. The Morgan fingerprint density at radius 1 is 1.23 bits per heavy atom. The number of amides is 1. The number of aromatic nitrogens is 3. The molecule has 0 aromatic carbocycles. The van der Waals surface area contributed by atoms with E-state index in [0.29, 0.717) is 0 Å². The van der Waals surface area contributed by atoms with E-state index in [1.54, 1.807) is 0 Å². The normalized spacial score (nSPS) is 18.3. The molecule has 1 aliphatic heterocycles. The van der Waals surface area contributed by atoms with Crippen LogP contribution < -0.4 is 11.2 Å². The molecule has 2 aromatic rings. The number of piperidine rings is 1. The van der Waals surface area contributed by atoms with Crippen LogP contribution in [0.15, 0.2) is 21.9 Å². The van der Waals surface area contributed by atoms with Crippen LogP contribution in [0.2, 0.25) is 0 Å². The molecule has 3 rings (SSSR count). The molecule has 0 saturated carbocycles. The Bertz CT molecular complexity index is 993. The maximum absolute atomic E-state index is 12.9. The first-order valence-corrected chi connectivity index (χ1v) is 8.03. The van der Waals surface area contributed by atoms with Crippen LogP contribution in [0.25, 0.3) is 11.0 Å². The van der Waals surface area contributed by atoms with E-state index < -0.39 is 35.8 Å². The van der Waals surface area contributed by atoms with Gasteiger partial charge in [0.25, 0.3) is 11.5 Å². The average molecular weight is 370 g/mol. The van der Waals surface area contributed by atoms with Gasteiger partial charge in [-0.25, -0.2) is 9.78 Å². The highest BCUT2D eigenvalue weighted by atomic mass is 19.4. The van der Waals surface area contributed by atoms with Gasteiger partial charge < -0.3 is 4.90 Å². The Morgan fingerprint density at radius 2 is 1.92 bits per heavy atom. The zero-order chi connectivity index (χ0) is 19.2. The summed E-state index contributed by atoms with van der Waals surface area (Å²) in [5.74, 6) is -2.16. The molecule has 1 fully saturated rings. The monoisotopic (exact) mass is 370 g/mol. The number of alkyl halides is 3. The number of hydrogen-bond acceptors (Lipinski definition) is 4. The average Bonchev–Trinajstić information content (AvgIpc) is 2.63. The van der Waals surface area contributed by atoms with Crippen molar-refractivity contribution in [3.05, 3.63) is 38.7 Å². The SMILES string of the molecule is Cn1c(=O)c2cc(C(=O)N3CCCC(C(F)(F)F)C3)cnc2n(C)c1=O. The maximum atomic E-state index is 12.9. The van der Waals surface area contributed by atoms with Crippen molar-refractivity contribution in [3.8, 4) is 0 Å². The minimum atomic E-state index is -4.35. The third-order valence-electron chi connectivity index (χ3n) is 4.71. The number of carbonyl (C=O) groups excluding carboxylic acids is 1. The lowest BCUT2D eigenvalue weighted by atomic mass is 9.97. The van der Waals surface area contributed by atoms with Gasteiger partial charge in [-0.05, 0) is 18.9 Å². The Morgan fingerprint density at radius 3 is 2.58 bits per heavy atom. The van der Waals surface area contributed by atoms with Crippen molar-refractivity contribution in [3.63, 3.8) is 0 Å². The van der Waals surface area contributed by atoms with Gasteiger partial charge in [0.1, 0.15) is 5.65 Å². The molecule has 1 aliphatic rings. The standard InChI is InChI=1S/C16H17F3N4O3/c1-21-12-11(14(25)22(2)15(21)26)6-9(7-20-12)13(24)23-5-3-4-10(8-23)16(17,18)19/h6-7,10H,3-5,8H2,1-2H3. The number of aryl methyl sites for hydroxylation is 1. The fraction of sp³-hybridized carbons (Fsp3) is 0.500. The van der Waals surface area contributed by atoms with Crippen LogP contribution in [0, 0.1) is 5.92 Å². The number of hydrogen-bond donors (Lipinski definition) is 0. The molecule has 0 spiro atoms. The van der Waals surface area contributed by atoms with Crippen LogP contribution in [0.4, 0.5) is 13.2 Å². The van der Waals surface area contributed by atoms with Crippen LogP contribution in [-0.4, -0.2) is 44.2 Å². The molecule has 1 amide bonds. The Labute approximate surface area is 145 Å². The molecule has 0 radical (unpaired) electrons. The van der Waals surface area contributed by atoms with E-state index in [-0.39, 0.29) is 36.0 Å². The summed E-state index contributed by atoms with van der Waals surface area (Å²) >= 11 is 0. The van der Waals surface area contributed by atoms with Crippen molar-refractivity contribution in [1.29, 1.82) is 0 Å². The van der Waals surface area contributed by atoms with E-state index in [1.807, 2.05) is 0 Å². The zero-order valence-corrected chi connectivity index (χ0v) is 14.2. The van der Waals surface area contributed by atoms with Gasteiger partial charge >= 0.3 is 11.9 Å². The number of rotatable bonds is 1. The summed E-state index contributed by atoms with van der Waals surface area (Å²) in [5.41, 5.74) is -1.03. The second kappa shape index (κ2) is 6.26. The number of carbonyl (C=O) groups is 1. The lowest BCUT2D eigenvalue weighted by molar-refractivity contribution is -0.184. The van der Waals surface area contributed by atoms with Crippen LogP contribution in [0.5, 0.6) is 0 Å². The van der Waals surface area contributed by atoms with Crippen molar-refractivity contribution in [2.75, 3.05) is 13.1 Å². The number of halogens is 3. The van der Waals surface area contributed by atoms with E-state index in [4.69, 9.17) is 0 Å². The van der Waals surface area contributed by atoms with E-state index in [2.05, 4.69) is 4.98 Å². The summed E-state index contributed by atoms with van der Waals surface area (Å²) in [7, 11) is 2.74. The summed E-state index contributed by atoms with van der Waals surface area (Å²) in [6, 6.07) is 1.28. The molecule has 140 valence electrons. The second-order valence-corrected chi connectivity index (χ2v) is 6.43. The van der Waals surface area contributed by atoms with Crippen molar-refractivity contribution < 1.29 is 18.0 Å². The van der Waals surface area contributed by atoms with Crippen molar-refractivity contribution in [1.82, 2.24) is 19.0 Å². The number of likely N-dealkylation sites (tertiary alicyclic amines) is 1. The molecular weight excluding hydrogens is 353 g/mol. The second-order valence-electron chi connectivity index (χ2n) is 6.43. The molecular formula is C16H17F3N4O3. The smallest absolute Gasteiger partial charge is 0.338 e. The van der Waals surface area contributed by atoms with Gasteiger partial charge in [-0.3, -0.25) is 18.7 Å². The van der Waals surface area contributed by atoms with Gasteiger partial charge in [0.05, 0.1) is 16.9 Å². The molecule has 0 N–H and O–H groups in total. The van der Waals surface area contributed by atoms with Crippen molar-refractivity contribution >= 4 is 16.9 Å². The quantitative estimate of drug-likeness (QED) is 0.752. The number of fused-ring (bicyclic) bond motifs is 1. The van der Waals surface area contributed by atoms with E-state index >= 15 is 0 Å². The predicted molar refractivity (Wildman–Crippen MR) is 86.9 cm³/mol. The van der Waals surface area contributed by atoms with E-state index in [9.17, 15) is 27.6 Å². The highest BCUT2D eigenvalue weighted by Gasteiger charge is 2.42. The largest absolute Gasteiger partial charge is 0.393 e. The zero-order valence-electron chi connectivity index (χ0n) is 14.2. The summed E-state index contributed by atoms with van der Waals surface area (Å²) in [6.07, 6.45) is -2.92. The summed E-state index contributed by atoms with van der Waals surface area (Å²) < 4.78 is 40.9. The minimum Gasteiger partial charge on any atom is -0.338 e. The molecule has 0 aliphatic carbocycles. The van der Waals surface area contributed by atoms with Gasteiger partial charge in [-0.2, -0.15) is 13.2 Å². The molecule has 10 heteroatoms.